The predicted octanol–water partition coefficient (Wildman–Crippen LogP) is 6.12. The summed E-state index contributed by atoms with van der Waals surface area (Å²) in [6.45, 7) is 4.11. The first-order chi connectivity index (χ1) is 24.5. The number of pyridine rings is 1. The summed E-state index contributed by atoms with van der Waals surface area (Å²) in [5, 5.41) is 21.7. The Morgan fingerprint density at radius 3 is 2.59 bits per heavy atom. The number of carbonyl (C=O) groups excluding carboxylic acids is 1. The molecule has 2 aliphatic rings. The van der Waals surface area contributed by atoms with Crippen LogP contribution in [0, 0.1) is 11.3 Å². The van der Waals surface area contributed by atoms with Gasteiger partial charge in [-0.2, -0.15) is 18.4 Å². The van der Waals surface area contributed by atoms with Crippen LogP contribution < -0.4 is 19.9 Å². The molecule has 4 heterocycles. The van der Waals surface area contributed by atoms with Crippen LogP contribution in [0.4, 0.5) is 35.3 Å². The highest BCUT2D eigenvalue weighted by Gasteiger charge is 2.38. The average Bonchev–Trinajstić information content (AvgIpc) is 3.12. The van der Waals surface area contributed by atoms with Crippen molar-refractivity contribution in [1.82, 2.24) is 15.0 Å². The second-order valence-corrected chi connectivity index (χ2v) is 12.3. The number of carbonyl (C=O) groups is 2. The molecule has 1 aromatic carbocycles. The van der Waals surface area contributed by atoms with Crippen molar-refractivity contribution in [2.45, 2.75) is 70.1 Å². The van der Waals surface area contributed by atoms with Crippen LogP contribution in [0.3, 0.4) is 0 Å². The monoisotopic (exact) mass is 711 g/mol. The van der Waals surface area contributed by atoms with Gasteiger partial charge in [-0.15, -0.1) is 0 Å². The maximum absolute atomic E-state index is 13.7. The molecule has 51 heavy (non-hydrogen) atoms. The average molecular weight is 712 g/mol. The number of amides is 1. The van der Waals surface area contributed by atoms with Crippen molar-refractivity contribution in [2.24, 2.45) is 0 Å². The molecular weight excluding hydrogens is 671 g/mol. The summed E-state index contributed by atoms with van der Waals surface area (Å²) < 4.78 is 57.7. The number of nitrogens with zero attached hydrogens (tertiary/aromatic N) is 6. The van der Waals surface area contributed by atoms with E-state index in [1.807, 2.05) is 17.9 Å². The van der Waals surface area contributed by atoms with E-state index in [0.29, 0.717) is 87.1 Å². The fourth-order valence-corrected chi connectivity index (χ4v) is 6.27. The molecule has 1 saturated heterocycles. The molecule has 272 valence electrons. The number of ether oxygens (including phenoxy) is 3. The second kappa shape index (κ2) is 16.7. The zero-order chi connectivity index (χ0) is 36.5. The highest BCUT2D eigenvalue weighted by Crippen LogP contribution is 2.40. The number of carboxylic acids is 1. The molecule has 1 amide bonds. The number of anilines is 3. The van der Waals surface area contributed by atoms with Crippen molar-refractivity contribution in [1.29, 1.82) is 5.26 Å². The number of fused-ring (bicyclic) bond motifs is 1. The molecule has 0 aliphatic carbocycles. The van der Waals surface area contributed by atoms with E-state index >= 15 is 0 Å². The molecular formula is C35H40F3N7O6. The first kappa shape index (κ1) is 37.1. The summed E-state index contributed by atoms with van der Waals surface area (Å²) in [5.41, 5.74) is 1.38. The fraction of sp³-hybridized carbons (Fsp3) is 0.486. The summed E-state index contributed by atoms with van der Waals surface area (Å²) in [4.78, 5) is 41.9. The molecule has 5 rings (SSSR count). The van der Waals surface area contributed by atoms with E-state index in [-0.39, 0.29) is 42.6 Å². The molecule has 0 saturated carbocycles. The van der Waals surface area contributed by atoms with Crippen LogP contribution in [0.1, 0.15) is 79.6 Å². The van der Waals surface area contributed by atoms with E-state index in [9.17, 15) is 28.0 Å². The minimum atomic E-state index is -4.63. The number of morpholine rings is 1. The minimum absolute atomic E-state index is 0.00330. The van der Waals surface area contributed by atoms with Gasteiger partial charge in [-0.25, -0.2) is 19.7 Å². The zero-order valence-corrected chi connectivity index (χ0v) is 28.4. The Hall–Kier alpha value is -5.17. The molecule has 1 fully saturated rings. The number of aromatic nitrogens is 3. The quantitative estimate of drug-likeness (QED) is 0.196. The molecule has 2 atom stereocenters. The van der Waals surface area contributed by atoms with Gasteiger partial charge in [0.05, 0.1) is 79.1 Å². The van der Waals surface area contributed by atoms with Crippen molar-refractivity contribution in [3.63, 3.8) is 0 Å². The number of methoxy groups -OCH3 is 1. The van der Waals surface area contributed by atoms with Crippen LogP contribution in [0.25, 0.3) is 0 Å². The number of alkyl halides is 3. The number of aliphatic carboxylic acids is 1. The number of unbranched alkanes of at least 4 members (excludes halogenated alkanes) is 2. The first-order valence-corrected chi connectivity index (χ1v) is 16.8. The van der Waals surface area contributed by atoms with Crippen LogP contribution in [0.2, 0.25) is 0 Å². The van der Waals surface area contributed by atoms with Crippen molar-refractivity contribution in [3.05, 3.63) is 64.6 Å². The van der Waals surface area contributed by atoms with E-state index in [1.54, 1.807) is 23.2 Å². The maximum Gasteiger partial charge on any atom is 0.416 e. The maximum atomic E-state index is 13.7. The standard InChI is InChI=1S/C35H40F3N7O6/c1-3-25-19-27(32-28(8-9-30(43-32)49-2)45(25)34(48)51-12-6-4-5-7-31(46)47)42-33-40-21-29(44-10-13-50-14-11-44)26(41-33)18-22-15-23(20-39)17-24(16-22)35(36,37)38/h8-9,15-17,21,25,27H,3-7,10-14,18-19H2,1-2H3,(H,46,47)(H,40,41,42)/t25-,27+/m1/s1. The summed E-state index contributed by atoms with van der Waals surface area (Å²) >= 11 is 0. The van der Waals surface area contributed by atoms with Gasteiger partial charge >= 0.3 is 18.2 Å². The molecule has 2 aromatic heterocycles. The van der Waals surface area contributed by atoms with Gasteiger partial charge in [0, 0.05) is 38.0 Å². The molecule has 0 radical (unpaired) electrons. The van der Waals surface area contributed by atoms with Crippen LogP contribution in [-0.2, 0) is 26.9 Å². The third-order valence-corrected chi connectivity index (χ3v) is 8.80. The minimum Gasteiger partial charge on any atom is -0.481 e. The Bertz CT molecular complexity index is 1750. The first-order valence-electron chi connectivity index (χ1n) is 16.8. The van der Waals surface area contributed by atoms with Gasteiger partial charge in [0.1, 0.15) is 0 Å². The molecule has 0 spiro atoms. The normalized spacial score (nSPS) is 17.3. The Balaban J connectivity index is 1.44. The Kier molecular flexibility index (Phi) is 12.1. The van der Waals surface area contributed by atoms with Crippen LogP contribution in [0.5, 0.6) is 5.88 Å². The lowest BCUT2D eigenvalue weighted by Gasteiger charge is -2.39. The summed E-state index contributed by atoms with van der Waals surface area (Å²) in [6.07, 6.45) is -0.869. The third-order valence-electron chi connectivity index (χ3n) is 8.80. The lowest BCUT2D eigenvalue weighted by atomic mass is 9.93. The van der Waals surface area contributed by atoms with Gasteiger partial charge in [-0.1, -0.05) is 6.92 Å². The molecule has 0 unspecified atom stereocenters. The summed E-state index contributed by atoms with van der Waals surface area (Å²) in [7, 11) is 1.48. The number of carboxylic acid groups (broad SMARTS) is 1. The van der Waals surface area contributed by atoms with Crippen molar-refractivity contribution in [3.8, 4) is 11.9 Å². The number of nitriles is 1. The van der Waals surface area contributed by atoms with Crippen molar-refractivity contribution in [2.75, 3.05) is 55.1 Å². The second-order valence-electron chi connectivity index (χ2n) is 12.3. The summed E-state index contributed by atoms with van der Waals surface area (Å²) in [5.74, 6) is -0.333. The van der Waals surface area contributed by atoms with Gasteiger partial charge in [0.2, 0.25) is 11.8 Å². The van der Waals surface area contributed by atoms with E-state index in [2.05, 4.69) is 15.3 Å². The largest absolute Gasteiger partial charge is 0.481 e. The van der Waals surface area contributed by atoms with Gasteiger partial charge in [-0.3, -0.25) is 9.69 Å². The zero-order valence-electron chi connectivity index (χ0n) is 28.4. The lowest BCUT2D eigenvalue weighted by molar-refractivity contribution is -0.138. The predicted molar refractivity (Wildman–Crippen MR) is 180 cm³/mol. The Morgan fingerprint density at radius 2 is 1.90 bits per heavy atom. The molecule has 2 aliphatic heterocycles. The van der Waals surface area contributed by atoms with E-state index in [0.717, 1.165) is 12.1 Å². The van der Waals surface area contributed by atoms with E-state index in [4.69, 9.17) is 24.3 Å². The van der Waals surface area contributed by atoms with Crippen LogP contribution >= 0.6 is 0 Å². The van der Waals surface area contributed by atoms with Gasteiger partial charge in [0.25, 0.3) is 0 Å². The Labute approximate surface area is 293 Å². The number of benzene rings is 1. The van der Waals surface area contributed by atoms with Crippen LogP contribution in [0.15, 0.2) is 36.5 Å². The number of nitrogens with one attached hydrogen (secondary N) is 1. The number of hydrogen-bond acceptors (Lipinski definition) is 11. The van der Waals surface area contributed by atoms with Crippen molar-refractivity contribution < 1.29 is 42.1 Å². The van der Waals surface area contributed by atoms with Crippen LogP contribution in [-0.4, -0.2) is 78.2 Å². The number of hydrogen-bond donors (Lipinski definition) is 2. The Morgan fingerprint density at radius 1 is 1.12 bits per heavy atom. The van der Waals surface area contributed by atoms with E-state index in [1.165, 1.54) is 13.2 Å². The molecule has 2 N–H and O–H groups in total. The third kappa shape index (κ3) is 9.34. The van der Waals surface area contributed by atoms with Crippen molar-refractivity contribution >= 4 is 29.4 Å². The van der Waals surface area contributed by atoms with E-state index < -0.39 is 29.8 Å². The molecule has 3 aromatic rings. The van der Waals surface area contributed by atoms with Gasteiger partial charge in [-0.05, 0) is 61.9 Å². The smallest absolute Gasteiger partial charge is 0.416 e. The van der Waals surface area contributed by atoms with Gasteiger partial charge in [0.15, 0.2) is 0 Å². The number of rotatable bonds is 13. The number of halogens is 3. The molecule has 13 nitrogen and oxygen atoms in total. The molecule has 16 heteroatoms. The lowest BCUT2D eigenvalue weighted by Crippen LogP contribution is -2.46. The molecule has 0 bridgehead atoms. The highest BCUT2D eigenvalue weighted by atomic mass is 19.4. The summed E-state index contributed by atoms with van der Waals surface area (Å²) in [6, 6.07) is 7.71. The fourth-order valence-electron chi connectivity index (χ4n) is 6.27. The topological polar surface area (TPSA) is 163 Å². The highest BCUT2D eigenvalue weighted by molar-refractivity contribution is 5.90. The SMILES string of the molecule is CC[C@@H]1C[C@H](Nc2ncc(N3CCOCC3)c(Cc3cc(C#N)cc(C(F)(F)F)c3)n2)c2nc(OC)ccc2N1C(=O)OCCCCCC(=O)O. The van der Waals surface area contributed by atoms with Gasteiger partial charge < -0.3 is 29.5 Å².